The molecule has 0 saturated heterocycles. The van der Waals surface area contributed by atoms with E-state index < -0.39 is 11.7 Å². The first-order valence-corrected chi connectivity index (χ1v) is 9.70. The number of aliphatic imine (C=N–C) groups is 1. The number of amides is 1. The van der Waals surface area contributed by atoms with Gasteiger partial charge in [0.1, 0.15) is 22.8 Å². The third-order valence-electron chi connectivity index (χ3n) is 4.64. The Morgan fingerprint density at radius 3 is 2.42 bits per heavy atom. The molecule has 0 aliphatic heterocycles. The Morgan fingerprint density at radius 2 is 1.74 bits per heavy atom. The van der Waals surface area contributed by atoms with E-state index in [-0.39, 0.29) is 34.0 Å². The van der Waals surface area contributed by atoms with Crippen LogP contribution in [0, 0.1) is 0 Å². The van der Waals surface area contributed by atoms with E-state index in [4.69, 9.17) is 4.74 Å². The van der Waals surface area contributed by atoms with Crippen LogP contribution in [0.2, 0.25) is 0 Å². The molecule has 31 heavy (non-hydrogen) atoms. The summed E-state index contributed by atoms with van der Waals surface area (Å²) in [5.41, 5.74) is 0.662. The molecule has 7 nitrogen and oxygen atoms in total. The first kappa shape index (κ1) is 20.0. The van der Waals surface area contributed by atoms with Crippen LogP contribution in [0.25, 0.3) is 5.76 Å². The van der Waals surface area contributed by atoms with Gasteiger partial charge in [0.2, 0.25) is 5.78 Å². The summed E-state index contributed by atoms with van der Waals surface area (Å²) in [6.45, 7) is 2.41. The van der Waals surface area contributed by atoms with Crippen molar-refractivity contribution >= 4 is 34.7 Å². The highest BCUT2D eigenvalue weighted by Crippen LogP contribution is 2.30. The molecule has 0 fully saturated rings. The second-order valence-corrected chi connectivity index (χ2v) is 6.66. The molecule has 0 unspecified atom stereocenters. The maximum absolute atomic E-state index is 13.2. The minimum atomic E-state index is -0.654. The van der Waals surface area contributed by atoms with Gasteiger partial charge in [0, 0.05) is 23.0 Å². The number of ketones is 1. The minimum absolute atomic E-state index is 0.168. The van der Waals surface area contributed by atoms with Gasteiger partial charge in [0.05, 0.1) is 6.61 Å². The lowest BCUT2D eigenvalue weighted by molar-refractivity contribution is -0.112. The number of Topliss-reactive ketones (excluding diaryl/α,β-unsaturated/α-hetero) is 1. The lowest BCUT2D eigenvalue weighted by atomic mass is 9.87. The normalized spacial score (nSPS) is 14.4. The van der Waals surface area contributed by atoms with Gasteiger partial charge in [-0.3, -0.25) is 9.59 Å². The monoisotopic (exact) mass is 413 g/mol. The average molecular weight is 413 g/mol. The molecule has 7 heteroatoms. The highest BCUT2D eigenvalue weighted by Gasteiger charge is 2.35. The van der Waals surface area contributed by atoms with Crippen molar-refractivity contribution in [1.82, 2.24) is 4.98 Å². The fraction of sp³-hybridized carbons (Fsp3) is 0.0833. The summed E-state index contributed by atoms with van der Waals surface area (Å²) in [5, 5.41) is 13.6. The third kappa shape index (κ3) is 4.06. The molecule has 0 radical (unpaired) electrons. The number of hydrogen-bond donors (Lipinski definition) is 2. The smallest absolute Gasteiger partial charge is 0.261 e. The summed E-state index contributed by atoms with van der Waals surface area (Å²) in [7, 11) is 0. The summed E-state index contributed by atoms with van der Waals surface area (Å²) in [5.74, 6) is -0.505. The highest BCUT2D eigenvalue weighted by molar-refractivity contribution is 6.60. The number of benzene rings is 2. The number of anilines is 1. The standard InChI is InChI=1S/C24H19N3O4/c1-2-31-16-12-10-15(11-13-16)26-24(30)20-21(27-19-9-5-6-14-25-19)23(29)18-8-4-3-7-17(18)22(20)28/h3-14,28H,2H2,1H3,(H,26,30)/b27-21-. The van der Waals surface area contributed by atoms with Gasteiger partial charge in [-0.1, -0.05) is 30.3 Å². The third-order valence-corrected chi connectivity index (χ3v) is 4.64. The molecule has 154 valence electrons. The summed E-state index contributed by atoms with van der Waals surface area (Å²) < 4.78 is 5.40. The quantitative estimate of drug-likeness (QED) is 0.647. The average Bonchev–Trinajstić information content (AvgIpc) is 2.79. The second kappa shape index (κ2) is 8.62. The van der Waals surface area contributed by atoms with Crippen molar-refractivity contribution in [2.24, 2.45) is 4.99 Å². The summed E-state index contributed by atoms with van der Waals surface area (Å²) in [6.07, 6.45) is 1.53. The summed E-state index contributed by atoms with van der Waals surface area (Å²) in [6, 6.07) is 18.4. The highest BCUT2D eigenvalue weighted by atomic mass is 16.5. The Labute approximate surface area is 178 Å². The van der Waals surface area contributed by atoms with E-state index in [2.05, 4.69) is 15.3 Å². The van der Waals surface area contributed by atoms with Crippen LogP contribution in [0.1, 0.15) is 22.8 Å². The van der Waals surface area contributed by atoms with Crippen LogP contribution in [-0.4, -0.2) is 34.1 Å². The lowest BCUT2D eigenvalue weighted by Gasteiger charge is -2.20. The topological polar surface area (TPSA) is 101 Å². The number of aliphatic hydroxyl groups excluding tert-OH is 1. The van der Waals surface area contributed by atoms with E-state index in [9.17, 15) is 14.7 Å². The molecule has 2 N–H and O–H groups in total. The van der Waals surface area contributed by atoms with Crippen molar-refractivity contribution in [3.05, 3.63) is 89.6 Å². The summed E-state index contributed by atoms with van der Waals surface area (Å²) >= 11 is 0. The largest absolute Gasteiger partial charge is 0.506 e. The van der Waals surface area contributed by atoms with Crippen LogP contribution in [0.15, 0.2) is 83.5 Å². The van der Waals surface area contributed by atoms with Crippen LogP contribution in [0.3, 0.4) is 0 Å². The molecule has 0 saturated carbocycles. The molecule has 0 bridgehead atoms. The molecule has 4 rings (SSSR count). The molecule has 2 aromatic carbocycles. The first-order chi connectivity index (χ1) is 15.1. The Morgan fingerprint density at radius 1 is 1.03 bits per heavy atom. The van der Waals surface area contributed by atoms with Crippen molar-refractivity contribution in [2.75, 3.05) is 11.9 Å². The Kier molecular flexibility index (Phi) is 5.57. The van der Waals surface area contributed by atoms with Gasteiger partial charge in [0.25, 0.3) is 5.91 Å². The molecular formula is C24H19N3O4. The fourth-order valence-corrected chi connectivity index (χ4v) is 3.23. The van der Waals surface area contributed by atoms with Crippen LogP contribution in [0.5, 0.6) is 5.75 Å². The zero-order valence-electron chi connectivity index (χ0n) is 16.7. The van der Waals surface area contributed by atoms with Crippen molar-refractivity contribution in [1.29, 1.82) is 0 Å². The molecule has 1 amide bonds. The number of nitrogens with one attached hydrogen (secondary N) is 1. The molecule has 3 aromatic rings. The Hall–Kier alpha value is -4.26. The zero-order valence-corrected chi connectivity index (χ0v) is 16.7. The van der Waals surface area contributed by atoms with E-state index in [0.29, 0.717) is 18.0 Å². The van der Waals surface area contributed by atoms with E-state index in [1.807, 2.05) is 6.92 Å². The summed E-state index contributed by atoms with van der Waals surface area (Å²) in [4.78, 5) is 34.7. The number of carbonyl (C=O) groups is 2. The molecule has 0 atom stereocenters. The second-order valence-electron chi connectivity index (χ2n) is 6.66. The van der Waals surface area contributed by atoms with Crippen molar-refractivity contribution < 1.29 is 19.4 Å². The van der Waals surface area contributed by atoms with Crippen LogP contribution in [-0.2, 0) is 4.79 Å². The fourth-order valence-electron chi connectivity index (χ4n) is 3.23. The van der Waals surface area contributed by atoms with Gasteiger partial charge in [-0.15, -0.1) is 0 Å². The van der Waals surface area contributed by atoms with Crippen LogP contribution in [0.4, 0.5) is 11.5 Å². The number of fused-ring (bicyclic) bond motifs is 1. The van der Waals surface area contributed by atoms with Gasteiger partial charge < -0.3 is 15.2 Å². The van der Waals surface area contributed by atoms with Gasteiger partial charge in [0.15, 0.2) is 5.82 Å². The predicted molar refractivity (Wildman–Crippen MR) is 118 cm³/mol. The Bertz CT molecular complexity index is 1200. The maximum atomic E-state index is 13.2. The number of rotatable bonds is 5. The SMILES string of the molecule is CCOc1ccc(NC(=O)C2=C(O)c3ccccc3C(=O)/C2=N\c2ccccn2)cc1. The van der Waals surface area contributed by atoms with E-state index >= 15 is 0 Å². The predicted octanol–water partition coefficient (Wildman–Crippen LogP) is 4.36. The van der Waals surface area contributed by atoms with Gasteiger partial charge in [-0.05, 0) is 43.3 Å². The number of ether oxygens (including phenoxy) is 1. The Balaban J connectivity index is 1.76. The molecule has 0 spiro atoms. The number of carbonyl (C=O) groups excluding carboxylic acids is 2. The molecule has 1 aromatic heterocycles. The minimum Gasteiger partial charge on any atom is -0.506 e. The van der Waals surface area contributed by atoms with Crippen LogP contribution >= 0.6 is 0 Å². The van der Waals surface area contributed by atoms with Crippen molar-refractivity contribution in [2.45, 2.75) is 6.92 Å². The number of aromatic nitrogens is 1. The van der Waals surface area contributed by atoms with Gasteiger partial charge >= 0.3 is 0 Å². The molecular weight excluding hydrogens is 394 g/mol. The number of aliphatic hydroxyl groups is 1. The number of nitrogens with zero attached hydrogens (tertiary/aromatic N) is 2. The van der Waals surface area contributed by atoms with Crippen LogP contribution < -0.4 is 10.1 Å². The van der Waals surface area contributed by atoms with E-state index in [1.165, 1.54) is 6.20 Å². The number of pyridine rings is 1. The van der Waals surface area contributed by atoms with E-state index in [1.54, 1.807) is 66.7 Å². The first-order valence-electron chi connectivity index (χ1n) is 9.70. The molecule has 1 aliphatic carbocycles. The lowest BCUT2D eigenvalue weighted by Crippen LogP contribution is -2.31. The van der Waals surface area contributed by atoms with Gasteiger partial charge in [-0.25, -0.2) is 9.98 Å². The number of hydrogen-bond acceptors (Lipinski definition) is 6. The molecule has 1 heterocycles. The maximum Gasteiger partial charge on any atom is 0.261 e. The zero-order chi connectivity index (χ0) is 21.8. The van der Waals surface area contributed by atoms with Gasteiger partial charge in [-0.2, -0.15) is 0 Å². The van der Waals surface area contributed by atoms with Crippen molar-refractivity contribution in [3.8, 4) is 5.75 Å². The van der Waals surface area contributed by atoms with Crippen molar-refractivity contribution in [3.63, 3.8) is 0 Å². The van der Waals surface area contributed by atoms with E-state index in [0.717, 1.165) is 0 Å². The molecule has 1 aliphatic rings.